The predicted molar refractivity (Wildman–Crippen MR) is 82.1 cm³/mol. The van der Waals surface area contributed by atoms with Gasteiger partial charge in [-0.05, 0) is 37.5 Å². The summed E-state index contributed by atoms with van der Waals surface area (Å²) < 4.78 is 0. The van der Waals surface area contributed by atoms with Crippen molar-refractivity contribution in [2.24, 2.45) is 34.1 Å². The van der Waals surface area contributed by atoms with Crippen molar-refractivity contribution in [2.45, 2.75) is 53.0 Å². The van der Waals surface area contributed by atoms with Gasteiger partial charge in [0.1, 0.15) is 0 Å². The zero-order chi connectivity index (χ0) is 16.0. The Kier molecular flexibility index (Phi) is 4.08. The molecule has 120 valence electrons. The van der Waals surface area contributed by atoms with Crippen LogP contribution in [0, 0.1) is 22.7 Å². The molecule has 21 heavy (non-hydrogen) atoms. The lowest BCUT2D eigenvalue weighted by atomic mass is 9.60. The molecule has 2 amide bonds. The number of nitrogens with zero attached hydrogens (tertiary/aromatic N) is 1. The van der Waals surface area contributed by atoms with E-state index in [1.165, 1.54) is 0 Å². The molecule has 2 rings (SSSR count). The molecule has 0 bridgehead atoms. The van der Waals surface area contributed by atoms with E-state index >= 15 is 0 Å². The van der Waals surface area contributed by atoms with Crippen molar-refractivity contribution in [3.8, 4) is 0 Å². The van der Waals surface area contributed by atoms with Crippen LogP contribution in [0.1, 0.15) is 47.0 Å². The van der Waals surface area contributed by atoms with E-state index in [4.69, 9.17) is 11.5 Å². The van der Waals surface area contributed by atoms with Gasteiger partial charge in [-0.1, -0.05) is 20.8 Å². The van der Waals surface area contributed by atoms with Gasteiger partial charge in [-0.2, -0.15) is 0 Å². The monoisotopic (exact) mass is 295 g/mol. The maximum absolute atomic E-state index is 12.9. The van der Waals surface area contributed by atoms with Crippen molar-refractivity contribution in [1.29, 1.82) is 0 Å². The van der Waals surface area contributed by atoms with E-state index in [9.17, 15) is 9.59 Å². The Labute approximate surface area is 127 Å². The van der Waals surface area contributed by atoms with E-state index in [2.05, 4.69) is 20.8 Å². The average Bonchev–Trinajstić information content (AvgIpc) is 2.80. The second-order valence-corrected chi connectivity index (χ2v) is 7.84. The van der Waals surface area contributed by atoms with E-state index in [0.717, 1.165) is 12.8 Å². The Bertz CT molecular complexity index is 449. The Morgan fingerprint density at radius 3 is 2.33 bits per heavy atom. The van der Waals surface area contributed by atoms with E-state index < -0.39 is 5.41 Å². The molecule has 2 aliphatic rings. The van der Waals surface area contributed by atoms with Crippen molar-refractivity contribution in [2.75, 3.05) is 13.1 Å². The highest BCUT2D eigenvalue weighted by atomic mass is 16.2. The topological polar surface area (TPSA) is 89.4 Å². The number of hydrogen-bond acceptors (Lipinski definition) is 3. The van der Waals surface area contributed by atoms with Crippen molar-refractivity contribution >= 4 is 11.8 Å². The van der Waals surface area contributed by atoms with Gasteiger partial charge in [-0.3, -0.25) is 9.59 Å². The fourth-order valence-corrected chi connectivity index (χ4v) is 3.86. The molecule has 1 saturated carbocycles. The Morgan fingerprint density at radius 2 is 1.81 bits per heavy atom. The normalized spacial score (nSPS) is 39.3. The zero-order valence-electron chi connectivity index (χ0n) is 13.7. The number of rotatable bonds is 2. The average molecular weight is 295 g/mol. The number of hydrogen-bond donors (Lipinski definition) is 2. The van der Waals surface area contributed by atoms with Crippen LogP contribution in [-0.4, -0.2) is 35.8 Å². The van der Waals surface area contributed by atoms with Gasteiger partial charge in [-0.25, -0.2) is 0 Å². The molecule has 1 heterocycles. The van der Waals surface area contributed by atoms with E-state index in [-0.39, 0.29) is 29.2 Å². The molecule has 5 heteroatoms. The van der Waals surface area contributed by atoms with E-state index in [1.54, 1.807) is 0 Å². The fourth-order valence-electron chi connectivity index (χ4n) is 3.86. The summed E-state index contributed by atoms with van der Waals surface area (Å²) in [6.07, 6.45) is 2.39. The minimum atomic E-state index is -0.573. The quantitative estimate of drug-likeness (QED) is 0.799. The summed E-state index contributed by atoms with van der Waals surface area (Å²) >= 11 is 0. The molecule has 1 aliphatic carbocycles. The molecule has 5 nitrogen and oxygen atoms in total. The van der Waals surface area contributed by atoms with Crippen molar-refractivity contribution < 1.29 is 9.59 Å². The smallest absolute Gasteiger partial charge is 0.226 e. The molecule has 0 spiro atoms. The highest BCUT2D eigenvalue weighted by Gasteiger charge is 2.49. The summed E-state index contributed by atoms with van der Waals surface area (Å²) in [7, 11) is 0. The van der Waals surface area contributed by atoms with E-state index in [1.807, 2.05) is 11.8 Å². The highest BCUT2D eigenvalue weighted by Crippen LogP contribution is 2.46. The third kappa shape index (κ3) is 2.68. The molecule has 4 atom stereocenters. The lowest BCUT2D eigenvalue weighted by molar-refractivity contribution is -0.143. The van der Waals surface area contributed by atoms with Crippen LogP contribution < -0.4 is 11.5 Å². The summed E-state index contributed by atoms with van der Waals surface area (Å²) in [4.78, 5) is 26.3. The summed E-state index contributed by atoms with van der Waals surface area (Å²) in [6, 6.07) is 0.165. The zero-order valence-corrected chi connectivity index (χ0v) is 13.7. The molecule has 1 aliphatic heterocycles. The summed E-state index contributed by atoms with van der Waals surface area (Å²) in [5.74, 6) is 0.160. The number of carbonyl (C=O) groups is 2. The van der Waals surface area contributed by atoms with Gasteiger partial charge in [0.2, 0.25) is 11.8 Å². The standard InChI is InChI=1S/C16H29N3O2/c1-10-12(17)6-5-11(15(10,2)3)13(20)19-8-7-16(4,9-19)14(18)21/h10-12H,5-9,17H2,1-4H3,(H2,18,21). The molecule has 0 aromatic carbocycles. The number of amides is 2. The number of carbonyl (C=O) groups excluding carboxylic acids is 2. The van der Waals surface area contributed by atoms with Gasteiger partial charge in [0.05, 0.1) is 5.41 Å². The largest absolute Gasteiger partial charge is 0.369 e. The van der Waals surface area contributed by atoms with Crippen LogP contribution in [0.25, 0.3) is 0 Å². The van der Waals surface area contributed by atoms with Crippen LogP contribution >= 0.6 is 0 Å². The van der Waals surface area contributed by atoms with Gasteiger partial charge < -0.3 is 16.4 Å². The Hall–Kier alpha value is -1.10. The SMILES string of the molecule is CC1C(N)CCC(C(=O)N2CCC(C)(C(N)=O)C2)C1(C)C. The Balaban J connectivity index is 2.13. The van der Waals surface area contributed by atoms with E-state index in [0.29, 0.717) is 25.4 Å². The number of nitrogens with two attached hydrogens (primary N) is 2. The highest BCUT2D eigenvalue weighted by molar-refractivity contribution is 5.85. The van der Waals surface area contributed by atoms with Crippen molar-refractivity contribution in [1.82, 2.24) is 4.90 Å². The first-order chi connectivity index (χ1) is 9.59. The first-order valence-electron chi connectivity index (χ1n) is 7.94. The van der Waals surface area contributed by atoms with Crippen LogP contribution in [-0.2, 0) is 9.59 Å². The molecule has 4 unspecified atom stereocenters. The minimum Gasteiger partial charge on any atom is -0.369 e. The molecular weight excluding hydrogens is 266 g/mol. The summed E-state index contributed by atoms with van der Waals surface area (Å²) in [5, 5.41) is 0. The van der Waals surface area contributed by atoms with Crippen LogP contribution in [0.2, 0.25) is 0 Å². The molecule has 0 aromatic rings. The van der Waals surface area contributed by atoms with Crippen LogP contribution in [0.5, 0.6) is 0 Å². The van der Waals surface area contributed by atoms with Crippen LogP contribution in [0.15, 0.2) is 0 Å². The van der Waals surface area contributed by atoms with Crippen LogP contribution in [0.3, 0.4) is 0 Å². The van der Waals surface area contributed by atoms with Gasteiger partial charge in [0, 0.05) is 25.0 Å². The number of likely N-dealkylation sites (tertiary alicyclic amines) is 1. The fraction of sp³-hybridized carbons (Fsp3) is 0.875. The molecular formula is C16H29N3O2. The molecule has 0 radical (unpaired) electrons. The molecule has 2 fully saturated rings. The lowest BCUT2D eigenvalue weighted by Gasteiger charge is -2.47. The van der Waals surface area contributed by atoms with Gasteiger partial charge in [-0.15, -0.1) is 0 Å². The Morgan fingerprint density at radius 1 is 1.19 bits per heavy atom. The molecule has 0 aromatic heterocycles. The second-order valence-electron chi connectivity index (χ2n) is 7.84. The van der Waals surface area contributed by atoms with Crippen molar-refractivity contribution in [3.63, 3.8) is 0 Å². The number of primary amides is 1. The van der Waals surface area contributed by atoms with Crippen molar-refractivity contribution in [3.05, 3.63) is 0 Å². The maximum Gasteiger partial charge on any atom is 0.226 e. The van der Waals surface area contributed by atoms with Gasteiger partial charge in [0.15, 0.2) is 0 Å². The molecule has 4 N–H and O–H groups in total. The molecule has 1 saturated heterocycles. The maximum atomic E-state index is 12.9. The first-order valence-corrected chi connectivity index (χ1v) is 7.94. The third-order valence-electron chi connectivity index (χ3n) is 6.18. The minimum absolute atomic E-state index is 0.0115. The van der Waals surface area contributed by atoms with Crippen LogP contribution in [0.4, 0.5) is 0 Å². The predicted octanol–water partition coefficient (Wildman–Crippen LogP) is 1.11. The van der Waals surface area contributed by atoms with Gasteiger partial charge in [0.25, 0.3) is 0 Å². The van der Waals surface area contributed by atoms with Gasteiger partial charge >= 0.3 is 0 Å². The second kappa shape index (κ2) is 5.27. The first kappa shape index (κ1) is 16.3. The third-order valence-corrected chi connectivity index (χ3v) is 6.18. The summed E-state index contributed by atoms with van der Waals surface area (Å²) in [6.45, 7) is 9.36. The lowest BCUT2D eigenvalue weighted by Crippen LogP contribution is -2.52. The summed E-state index contributed by atoms with van der Waals surface area (Å²) in [5.41, 5.74) is 11.0.